The number of ether oxygens (including phenoxy) is 1. The van der Waals surface area contributed by atoms with E-state index in [-0.39, 0.29) is 17.6 Å². The Morgan fingerprint density at radius 1 is 1.64 bits per heavy atom. The van der Waals surface area contributed by atoms with Crippen molar-refractivity contribution in [2.75, 3.05) is 6.61 Å². The summed E-state index contributed by atoms with van der Waals surface area (Å²) in [7, 11) is 0. The molecule has 0 saturated carbocycles. The molecule has 5 heteroatoms. The van der Waals surface area contributed by atoms with Gasteiger partial charge in [-0.3, -0.25) is 4.79 Å². The Morgan fingerprint density at radius 2 is 2.29 bits per heavy atom. The standard InChI is InChI=1S/C9H12N2O3/c1-3-14-9(13)8-5(2)11-7(10)4-6(8)12/h4H,3H2,1-2H3,(H3,10,11,12)/p+1. The van der Waals surface area contributed by atoms with Gasteiger partial charge in [0.1, 0.15) is 5.56 Å². The summed E-state index contributed by atoms with van der Waals surface area (Å²) in [6.45, 7) is 3.59. The van der Waals surface area contributed by atoms with Crippen molar-refractivity contribution in [3.63, 3.8) is 0 Å². The van der Waals surface area contributed by atoms with Gasteiger partial charge in [0.15, 0.2) is 0 Å². The first-order valence-electron chi connectivity index (χ1n) is 4.29. The number of carbonyl (C=O) groups is 1. The van der Waals surface area contributed by atoms with E-state index in [9.17, 15) is 9.59 Å². The van der Waals surface area contributed by atoms with Crippen LogP contribution in [0, 0.1) is 6.92 Å². The van der Waals surface area contributed by atoms with Gasteiger partial charge in [0.2, 0.25) is 11.2 Å². The van der Waals surface area contributed by atoms with E-state index in [1.54, 1.807) is 13.8 Å². The van der Waals surface area contributed by atoms with Gasteiger partial charge in [0, 0.05) is 5.69 Å². The quantitative estimate of drug-likeness (QED) is 0.640. The molecule has 1 aromatic heterocycles. The summed E-state index contributed by atoms with van der Waals surface area (Å²) in [6.07, 6.45) is 0. The summed E-state index contributed by atoms with van der Waals surface area (Å²) in [4.78, 5) is 25.6. The third-order valence-electron chi connectivity index (χ3n) is 1.75. The molecule has 0 aliphatic heterocycles. The molecule has 0 fully saturated rings. The number of aryl methyl sites for hydroxylation is 1. The Hall–Kier alpha value is -1.62. The van der Waals surface area contributed by atoms with Crippen LogP contribution >= 0.6 is 0 Å². The van der Waals surface area contributed by atoms with Crippen molar-refractivity contribution < 1.29 is 15.3 Å². The Morgan fingerprint density at radius 3 is 2.79 bits per heavy atom. The van der Waals surface area contributed by atoms with E-state index in [4.69, 9.17) is 4.74 Å². The number of nitrogens with one attached hydrogen (secondary N) is 1. The second-order valence-electron chi connectivity index (χ2n) is 2.88. The Kier molecular flexibility index (Phi) is 3.03. The number of rotatable bonds is 2. The van der Waals surface area contributed by atoms with Gasteiger partial charge in [0.05, 0.1) is 12.7 Å². The van der Waals surface area contributed by atoms with Gasteiger partial charge in [-0.25, -0.2) is 4.79 Å². The van der Waals surface area contributed by atoms with E-state index < -0.39 is 5.97 Å². The van der Waals surface area contributed by atoms with E-state index in [0.717, 1.165) is 0 Å². The number of aromatic nitrogens is 1. The number of carbonyl (C=O) groups excluding carboxylic acids is 1. The van der Waals surface area contributed by atoms with E-state index in [1.165, 1.54) is 6.07 Å². The molecule has 0 aliphatic carbocycles. The second-order valence-corrected chi connectivity index (χ2v) is 2.88. The summed E-state index contributed by atoms with van der Waals surface area (Å²) in [5.74, 6) is -0.105. The molecule has 1 aromatic rings. The monoisotopic (exact) mass is 197 g/mol. The van der Waals surface area contributed by atoms with Crippen molar-refractivity contribution in [2.24, 2.45) is 0 Å². The summed E-state index contributed by atoms with van der Waals surface area (Å²) >= 11 is 0. The van der Waals surface area contributed by atoms with Crippen LogP contribution in [0.4, 0.5) is 5.82 Å². The zero-order valence-corrected chi connectivity index (χ0v) is 8.22. The van der Waals surface area contributed by atoms with Crippen molar-refractivity contribution in [3.05, 3.63) is 27.5 Å². The van der Waals surface area contributed by atoms with Crippen molar-refractivity contribution in [2.45, 2.75) is 13.8 Å². The van der Waals surface area contributed by atoms with Crippen LogP contribution in [0.2, 0.25) is 0 Å². The number of hydrogen-bond acceptors (Lipinski definition) is 3. The van der Waals surface area contributed by atoms with E-state index >= 15 is 0 Å². The van der Waals surface area contributed by atoms with Crippen LogP contribution in [0.1, 0.15) is 23.0 Å². The minimum atomic E-state index is -0.591. The first kappa shape index (κ1) is 10.5. The zero-order valence-electron chi connectivity index (χ0n) is 8.22. The molecule has 0 spiro atoms. The van der Waals surface area contributed by atoms with Crippen molar-refractivity contribution in [3.8, 4) is 0 Å². The molecule has 0 radical (unpaired) electrons. The lowest BCUT2D eigenvalue weighted by Gasteiger charge is -2.03. The van der Waals surface area contributed by atoms with Crippen LogP contribution in [0.3, 0.4) is 0 Å². The fourth-order valence-corrected chi connectivity index (χ4v) is 1.21. The predicted molar refractivity (Wildman–Crippen MR) is 50.3 cm³/mol. The van der Waals surface area contributed by atoms with Crippen molar-refractivity contribution in [1.82, 2.24) is 4.98 Å². The molecule has 0 saturated heterocycles. The summed E-state index contributed by atoms with van der Waals surface area (Å²) in [5, 5.41) is 0. The molecule has 14 heavy (non-hydrogen) atoms. The molecule has 0 aromatic carbocycles. The van der Waals surface area contributed by atoms with Crippen molar-refractivity contribution in [1.29, 1.82) is 0 Å². The van der Waals surface area contributed by atoms with Crippen molar-refractivity contribution >= 4 is 11.8 Å². The molecular weight excluding hydrogens is 184 g/mol. The van der Waals surface area contributed by atoms with E-state index in [1.807, 2.05) is 0 Å². The van der Waals surface area contributed by atoms with Crippen LogP contribution < -0.4 is 11.2 Å². The molecule has 1 heterocycles. The fraction of sp³-hybridized carbons (Fsp3) is 0.333. The highest BCUT2D eigenvalue weighted by atomic mass is 16.5. The molecule has 0 amide bonds. The third kappa shape index (κ3) is 2.00. The number of pyridine rings is 1. The molecule has 0 unspecified atom stereocenters. The van der Waals surface area contributed by atoms with E-state index in [0.29, 0.717) is 11.5 Å². The average molecular weight is 197 g/mol. The lowest BCUT2D eigenvalue weighted by molar-refractivity contribution is -0.261. The van der Waals surface area contributed by atoms with E-state index in [2.05, 4.69) is 10.7 Å². The maximum Gasteiger partial charge on any atom is 0.343 e. The smallest absolute Gasteiger partial charge is 0.343 e. The molecular formula is C9H13N2O3+. The number of esters is 1. The zero-order chi connectivity index (χ0) is 10.7. The minimum absolute atomic E-state index is 0.0549. The maximum atomic E-state index is 11.4. The fourth-order valence-electron chi connectivity index (χ4n) is 1.21. The van der Waals surface area contributed by atoms with Crippen LogP contribution in [-0.4, -0.2) is 17.6 Å². The largest absolute Gasteiger partial charge is 0.462 e. The average Bonchev–Trinajstić information content (AvgIpc) is 2.01. The molecule has 76 valence electrons. The van der Waals surface area contributed by atoms with Crippen LogP contribution in [0.15, 0.2) is 10.9 Å². The number of quaternary nitrogens is 1. The highest BCUT2D eigenvalue weighted by molar-refractivity contribution is 5.90. The Labute approximate surface area is 80.9 Å². The number of hydrogen-bond donors (Lipinski definition) is 2. The number of H-pyrrole nitrogens is 1. The Balaban J connectivity index is 3.21. The molecule has 1 rings (SSSR count). The lowest BCUT2D eigenvalue weighted by Crippen LogP contribution is -2.43. The summed E-state index contributed by atoms with van der Waals surface area (Å²) < 4.78 is 4.75. The van der Waals surface area contributed by atoms with Gasteiger partial charge in [-0.1, -0.05) is 0 Å². The van der Waals surface area contributed by atoms with Gasteiger partial charge < -0.3 is 15.5 Å². The second kappa shape index (κ2) is 4.06. The van der Waals surface area contributed by atoms with Gasteiger partial charge in [0.25, 0.3) is 0 Å². The van der Waals surface area contributed by atoms with Gasteiger partial charge in [-0.05, 0) is 13.8 Å². The highest BCUT2D eigenvalue weighted by Gasteiger charge is 2.15. The summed E-state index contributed by atoms with van der Waals surface area (Å²) in [6, 6.07) is 1.28. The van der Waals surface area contributed by atoms with Crippen LogP contribution in [0.25, 0.3) is 0 Å². The molecule has 0 atom stereocenters. The van der Waals surface area contributed by atoms with Gasteiger partial charge in [-0.15, -0.1) is 0 Å². The molecule has 4 N–H and O–H groups in total. The first-order chi connectivity index (χ1) is 6.56. The topological polar surface area (TPSA) is 86.8 Å². The first-order valence-corrected chi connectivity index (χ1v) is 4.29. The maximum absolute atomic E-state index is 11.4. The molecule has 0 bridgehead atoms. The van der Waals surface area contributed by atoms with Gasteiger partial charge in [-0.2, -0.15) is 0 Å². The summed E-state index contributed by atoms with van der Waals surface area (Å²) in [5.41, 5.74) is 3.77. The third-order valence-corrected chi connectivity index (χ3v) is 1.75. The molecule has 0 aliphatic rings. The predicted octanol–water partition coefficient (Wildman–Crippen LogP) is -0.267. The van der Waals surface area contributed by atoms with Gasteiger partial charge >= 0.3 is 5.97 Å². The normalized spacial score (nSPS) is 9.93. The SMILES string of the molecule is CCOC(=O)c1c(C)[nH]c([NH3+])cc1=O. The van der Waals surface area contributed by atoms with Crippen LogP contribution in [0.5, 0.6) is 0 Å². The van der Waals surface area contributed by atoms with Crippen LogP contribution in [-0.2, 0) is 4.74 Å². The Bertz CT molecular complexity index is 409. The number of aromatic amines is 1. The highest BCUT2D eigenvalue weighted by Crippen LogP contribution is 2.03. The lowest BCUT2D eigenvalue weighted by atomic mass is 10.2. The molecule has 5 nitrogen and oxygen atoms in total. The minimum Gasteiger partial charge on any atom is -0.462 e.